The number of rotatable bonds is 6. The molecule has 1 N–H and O–H groups in total. The summed E-state index contributed by atoms with van der Waals surface area (Å²) in [5.41, 5.74) is 0.801. The highest BCUT2D eigenvalue weighted by molar-refractivity contribution is 7.92. The third-order valence-corrected chi connectivity index (χ3v) is 4.91. The molecule has 7 heteroatoms. The molecule has 1 aromatic rings. The molecule has 0 saturated carbocycles. The van der Waals surface area contributed by atoms with Crippen LogP contribution in [0.25, 0.3) is 6.08 Å². The lowest BCUT2D eigenvalue weighted by Crippen LogP contribution is -2.50. The minimum absolute atomic E-state index is 0.00986. The van der Waals surface area contributed by atoms with E-state index in [0.29, 0.717) is 13.2 Å². The standard InChI is InChI=1S/C17H24N2O4S/c1-14-13-23-15(2)12-19(14)17(20)8-10-18-24(21,22)11-9-16-6-4-3-5-7-16/h3-7,9,11,14-15,18H,8,10,12-13H2,1-2H3/b11-9+. The number of carbonyl (C=O) groups is 1. The van der Waals surface area contributed by atoms with E-state index in [1.54, 1.807) is 4.90 Å². The van der Waals surface area contributed by atoms with Gasteiger partial charge in [-0.05, 0) is 25.5 Å². The third-order valence-electron chi connectivity index (χ3n) is 3.81. The molecule has 2 rings (SSSR count). The fourth-order valence-corrected chi connectivity index (χ4v) is 3.29. The van der Waals surface area contributed by atoms with Gasteiger partial charge in [0, 0.05) is 24.9 Å². The summed E-state index contributed by atoms with van der Waals surface area (Å²) >= 11 is 0. The zero-order valence-corrected chi connectivity index (χ0v) is 14.8. The summed E-state index contributed by atoms with van der Waals surface area (Å²) in [6.07, 6.45) is 1.67. The average molecular weight is 352 g/mol. The van der Waals surface area contributed by atoms with E-state index in [4.69, 9.17) is 4.74 Å². The van der Waals surface area contributed by atoms with E-state index in [9.17, 15) is 13.2 Å². The number of amides is 1. The maximum absolute atomic E-state index is 12.2. The van der Waals surface area contributed by atoms with E-state index in [-0.39, 0.29) is 31.0 Å². The lowest BCUT2D eigenvalue weighted by atomic mass is 10.2. The highest BCUT2D eigenvalue weighted by atomic mass is 32.2. The monoisotopic (exact) mass is 352 g/mol. The summed E-state index contributed by atoms with van der Waals surface area (Å²) in [5, 5.41) is 1.12. The Kier molecular flexibility index (Phi) is 6.53. The molecule has 0 radical (unpaired) electrons. The van der Waals surface area contributed by atoms with Crippen LogP contribution >= 0.6 is 0 Å². The van der Waals surface area contributed by atoms with E-state index in [2.05, 4.69) is 4.72 Å². The summed E-state index contributed by atoms with van der Waals surface area (Å²) in [4.78, 5) is 14.0. The van der Waals surface area contributed by atoms with Gasteiger partial charge in [0.05, 0.1) is 18.8 Å². The molecule has 132 valence electrons. The zero-order valence-electron chi connectivity index (χ0n) is 14.0. The minimum atomic E-state index is -3.56. The van der Waals surface area contributed by atoms with Crippen molar-refractivity contribution in [2.75, 3.05) is 19.7 Å². The molecule has 1 aliphatic heterocycles. The number of carbonyl (C=O) groups excluding carboxylic acids is 1. The molecule has 1 amide bonds. The van der Waals surface area contributed by atoms with Crippen LogP contribution in [0.15, 0.2) is 35.7 Å². The van der Waals surface area contributed by atoms with Crippen molar-refractivity contribution in [2.24, 2.45) is 0 Å². The molecule has 1 aromatic carbocycles. The number of hydrogen-bond donors (Lipinski definition) is 1. The fourth-order valence-electron chi connectivity index (χ4n) is 2.48. The van der Waals surface area contributed by atoms with Crippen LogP contribution in [0.3, 0.4) is 0 Å². The normalized spacial score (nSPS) is 22.0. The van der Waals surface area contributed by atoms with Crippen LogP contribution in [-0.4, -0.2) is 51.1 Å². The third kappa shape index (κ3) is 5.74. The quantitative estimate of drug-likeness (QED) is 0.844. The highest BCUT2D eigenvalue weighted by Crippen LogP contribution is 2.12. The molecule has 6 nitrogen and oxygen atoms in total. The van der Waals surface area contributed by atoms with Crippen LogP contribution < -0.4 is 4.72 Å². The topological polar surface area (TPSA) is 75.7 Å². The Morgan fingerprint density at radius 1 is 1.33 bits per heavy atom. The van der Waals surface area contributed by atoms with Gasteiger partial charge < -0.3 is 9.64 Å². The number of morpholine rings is 1. The van der Waals surface area contributed by atoms with Gasteiger partial charge in [-0.1, -0.05) is 30.3 Å². The number of nitrogens with zero attached hydrogens (tertiary/aromatic N) is 1. The second-order valence-corrected chi connectivity index (χ2v) is 7.59. The lowest BCUT2D eigenvalue weighted by molar-refractivity contribution is -0.143. The van der Waals surface area contributed by atoms with Crippen molar-refractivity contribution in [3.8, 4) is 0 Å². The predicted octanol–water partition coefficient (Wildman–Crippen LogP) is 1.60. The van der Waals surface area contributed by atoms with Gasteiger partial charge in [0.25, 0.3) is 0 Å². The first-order valence-corrected chi connectivity index (χ1v) is 9.56. The molecule has 1 heterocycles. The maximum Gasteiger partial charge on any atom is 0.233 e. The van der Waals surface area contributed by atoms with Crippen molar-refractivity contribution in [2.45, 2.75) is 32.4 Å². The van der Waals surface area contributed by atoms with Crippen LogP contribution in [0.5, 0.6) is 0 Å². The first kappa shape index (κ1) is 18.6. The molecular weight excluding hydrogens is 328 g/mol. The van der Waals surface area contributed by atoms with Gasteiger partial charge in [0.2, 0.25) is 15.9 Å². The van der Waals surface area contributed by atoms with E-state index < -0.39 is 10.0 Å². The van der Waals surface area contributed by atoms with Crippen LogP contribution in [0.4, 0.5) is 0 Å². The Morgan fingerprint density at radius 3 is 2.75 bits per heavy atom. The minimum Gasteiger partial charge on any atom is -0.375 e. The van der Waals surface area contributed by atoms with E-state index in [1.807, 2.05) is 44.2 Å². The number of sulfonamides is 1. The first-order chi connectivity index (χ1) is 11.4. The van der Waals surface area contributed by atoms with Gasteiger partial charge >= 0.3 is 0 Å². The zero-order chi connectivity index (χ0) is 17.6. The van der Waals surface area contributed by atoms with Gasteiger partial charge in [-0.3, -0.25) is 4.79 Å². The number of ether oxygens (including phenoxy) is 1. The first-order valence-electron chi connectivity index (χ1n) is 8.01. The van der Waals surface area contributed by atoms with Crippen LogP contribution in [0.2, 0.25) is 0 Å². The smallest absolute Gasteiger partial charge is 0.233 e. The second-order valence-electron chi connectivity index (χ2n) is 5.94. The van der Waals surface area contributed by atoms with Gasteiger partial charge in [0.1, 0.15) is 0 Å². The SMILES string of the molecule is CC1CN(C(=O)CCNS(=O)(=O)/C=C/c2ccccc2)C(C)CO1. The molecule has 24 heavy (non-hydrogen) atoms. The summed E-state index contributed by atoms with van der Waals surface area (Å²) < 4.78 is 31.8. The van der Waals surface area contributed by atoms with Crippen molar-refractivity contribution in [1.29, 1.82) is 0 Å². The van der Waals surface area contributed by atoms with Gasteiger partial charge in [-0.15, -0.1) is 0 Å². The molecule has 0 spiro atoms. The van der Waals surface area contributed by atoms with Crippen molar-refractivity contribution in [3.63, 3.8) is 0 Å². The van der Waals surface area contributed by atoms with Crippen molar-refractivity contribution >= 4 is 22.0 Å². The van der Waals surface area contributed by atoms with E-state index in [1.165, 1.54) is 6.08 Å². The largest absolute Gasteiger partial charge is 0.375 e. The van der Waals surface area contributed by atoms with Crippen LogP contribution in [0, 0.1) is 0 Å². The van der Waals surface area contributed by atoms with Crippen LogP contribution in [-0.2, 0) is 19.6 Å². The number of benzene rings is 1. The molecule has 2 atom stereocenters. The average Bonchev–Trinajstić information content (AvgIpc) is 2.56. The Hall–Kier alpha value is -1.70. The van der Waals surface area contributed by atoms with Crippen molar-refractivity contribution in [1.82, 2.24) is 9.62 Å². The molecular formula is C17H24N2O4S. The summed E-state index contributed by atoms with van der Waals surface area (Å²) in [7, 11) is -3.56. The Morgan fingerprint density at radius 2 is 2.04 bits per heavy atom. The summed E-state index contributed by atoms with van der Waals surface area (Å²) in [6.45, 7) is 4.98. The lowest BCUT2D eigenvalue weighted by Gasteiger charge is -2.36. The number of hydrogen-bond acceptors (Lipinski definition) is 4. The van der Waals surface area contributed by atoms with Gasteiger partial charge in [-0.2, -0.15) is 0 Å². The molecule has 2 unspecified atom stereocenters. The van der Waals surface area contributed by atoms with E-state index in [0.717, 1.165) is 11.0 Å². The molecule has 1 aliphatic rings. The second kappa shape index (κ2) is 8.41. The fraction of sp³-hybridized carbons (Fsp3) is 0.471. The maximum atomic E-state index is 12.2. The Bertz CT molecular complexity index is 673. The summed E-state index contributed by atoms with van der Waals surface area (Å²) in [6, 6.07) is 9.19. The van der Waals surface area contributed by atoms with E-state index >= 15 is 0 Å². The Balaban J connectivity index is 1.82. The van der Waals surface area contributed by atoms with Crippen LogP contribution in [0.1, 0.15) is 25.8 Å². The molecule has 1 saturated heterocycles. The van der Waals surface area contributed by atoms with Gasteiger partial charge in [0.15, 0.2) is 0 Å². The van der Waals surface area contributed by atoms with Crippen molar-refractivity contribution in [3.05, 3.63) is 41.3 Å². The molecule has 0 aliphatic carbocycles. The van der Waals surface area contributed by atoms with Crippen molar-refractivity contribution < 1.29 is 17.9 Å². The molecule has 0 bridgehead atoms. The summed E-state index contributed by atoms with van der Waals surface area (Å²) in [5.74, 6) is -0.0626. The van der Waals surface area contributed by atoms with Gasteiger partial charge in [-0.25, -0.2) is 13.1 Å². The molecule has 1 fully saturated rings. The Labute approximate surface area is 143 Å². The predicted molar refractivity (Wildman–Crippen MR) is 93.6 cm³/mol. The molecule has 0 aromatic heterocycles. The highest BCUT2D eigenvalue weighted by Gasteiger charge is 2.27. The number of nitrogens with one attached hydrogen (secondary N) is 1.